The first-order valence-electron chi connectivity index (χ1n) is 6.45. The Hall–Kier alpha value is -1.98. The van der Waals surface area contributed by atoms with Crippen LogP contribution in [0.2, 0.25) is 0 Å². The van der Waals surface area contributed by atoms with E-state index in [2.05, 4.69) is 32.8 Å². The Morgan fingerprint density at radius 3 is 2.80 bits per heavy atom. The molecule has 0 saturated carbocycles. The van der Waals surface area contributed by atoms with Crippen molar-refractivity contribution in [3.05, 3.63) is 42.0 Å². The highest BCUT2D eigenvalue weighted by atomic mass is 32.1. The van der Waals surface area contributed by atoms with E-state index >= 15 is 0 Å². The molecule has 0 saturated heterocycles. The van der Waals surface area contributed by atoms with Crippen molar-refractivity contribution >= 4 is 27.4 Å². The molecule has 1 unspecified atom stereocenters. The Morgan fingerprint density at radius 1 is 1.25 bits per heavy atom. The van der Waals surface area contributed by atoms with E-state index < -0.39 is 6.10 Å². The molecular formula is C15H15N3OS. The van der Waals surface area contributed by atoms with Crippen LogP contribution in [-0.4, -0.2) is 27.7 Å². The summed E-state index contributed by atoms with van der Waals surface area (Å²) in [6, 6.07) is 10.2. The van der Waals surface area contributed by atoms with Crippen LogP contribution < -0.4 is 5.32 Å². The van der Waals surface area contributed by atoms with E-state index in [1.54, 1.807) is 24.6 Å². The summed E-state index contributed by atoms with van der Waals surface area (Å²) < 4.78 is 0. The number of fused-ring (bicyclic) bond motifs is 1. The highest BCUT2D eigenvalue weighted by Crippen LogP contribution is 2.36. The van der Waals surface area contributed by atoms with Gasteiger partial charge in [-0.2, -0.15) is 0 Å². The third-order valence-corrected chi connectivity index (χ3v) is 3.91. The first-order valence-corrected chi connectivity index (χ1v) is 7.33. The van der Waals surface area contributed by atoms with Crippen molar-refractivity contribution in [2.75, 3.05) is 11.9 Å². The van der Waals surface area contributed by atoms with Crippen LogP contribution in [0.1, 0.15) is 6.92 Å². The van der Waals surface area contributed by atoms with Crippen LogP contribution in [0.4, 0.5) is 5.82 Å². The van der Waals surface area contributed by atoms with Gasteiger partial charge < -0.3 is 10.4 Å². The largest absolute Gasteiger partial charge is 0.392 e. The van der Waals surface area contributed by atoms with E-state index in [9.17, 15) is 5.11 Å². The summed E-state index contributed by atoms with van der Waals surface area (Å²) >= 11 is 1.60. The predicted octanol–water partition coefficient (Wildman–Crippen LogP) is 3.15. The van der Waals surface area contributed by atoms with Crippen molar-refractivity contribution in [1.29, 1.82) is 0 Å². The lowest BCUT2D eigenvalue weighted by atomic mass is 10.1. The second-order valence-corrected chi connectivity index (χ2v) is 5.51. The Morgan fingerprint density at radius 2 is 2.05 bits per heavy atom. The van der Waals surface area contributed by atoms with Gasteiger partial charge in [-0.05, 0) is 12.5 Å². The molecule has 2 heterocycles. The van der Waals surface area contributed by atoms with E-state index in [1.807, 2.05) is 18.2 Å². The zero-order chi connectivity index (χ0) is 13.9. The van der Waals surface area contributed by atoms with Crippen LogP contribution in [0.15, 0.2) is 42.0 Å². The lowest BCUT2D eigenvalue weighted by Gasteiger charge is -2.09. The summed E-state index contributed by atoms with van der Waals surface area (Å²) in [5.74, 6) is 0.774. The van der Waals surface area contributed by atoms with Crippen LogP contribution in [0.25, 0.3) is 21.3 Å². The molecule has 0 fully saturated rings. The molecule has 1 aromatic carbocycles. The molecule has 20 heavy (non-hydrogen) atoms. The SMILES string of the molecule is CC(O)CNc1ncnc2scc(-c3ccccc3)c12. The van der Waals surface area contributed by atoms with E-state index in [4.69, 9.17) is 0 Å². The molecule has 102 valence electrons. The van der Waals surface area contributed by atoms with E-state index in [1.165, 1.54) is 0 Å². The van der Waals surface area contributed by atoms with Crippen LogP contribution in [-0.2, 0) is 0 Å². The van der Waals surface area contributed by atoms with E-state index in [0.717, 1.165) is 27.2 Å². The van der Waals surface area contributed by atoms with E-state index in [0.29, 0.717) is 6.54 Å². The number of benzene rings is 1. The number of hydrogen-bond acceptors (Lipinski definition) is 5. The topological polar surface area (TPSA) is 58.0 Å². The number of nitrogens with one attached hydrogen (secondary N) is 1. The first-order chi connectivity index (χ1) is 9.75. The van der Waals surface area contributed by atoms with Crippen molar-refractivity contribution in [2.45, 2.75) is 13.0 Å². The zero-order valence-electron chi connectivity index (χ0n) is 11.1. The molecule has 0 aliphatic carbocycles. The Bertz CT molecular complexity index is 709. The standard InChI is InChI=1S/C15H15N3OS/c1-10(19)7-16-14-13-12(11-5-3-2-4-6-11)8-20-15(13)18-9-17-14/h2-6,8-10,19H,7H2,1H3,(H,16,17,18). The van der Waals surface area contributed by atoms with Crippen molar-refractivity contribution in [3.63, 3.8) is 0 Å². The average molecular weight is 285 g/mol. The van der Waals surface area contributed by atoms with Gasteiger partial charge in [0, 0.05) is 17.5 Å². The molecule has 2 aromatic heterocycles. The molecule has 5 heteroatoms. The summed E-state index contributed by atoms with van der Waals surface area (Å²) in [7, 11) is 0. The van der Waals surface area contributed by atoms with Gasteiger partial charge in [-0.25, -0.2) is 9.97 Å². The van der Waals surface area contributed by atoms with Gasteiger partial charge in [0.2, 0.25) is 0 Å². The molecule has 3 aromatic rings. The predicted molar refractivity (Wildman–Crippen MR) is 83.0 cm³/mol. The number of rotatable bonds is 4. The fraction of sp³-hybridized carbons (Fsp3) is 0.200. The summed E-state index contributed by atoms with van der Waals surface area (Å²) in [4.78, 5) is 9.58. The Labute approximate surface area is 121 Å². The third kappa shape index (κ3) is 2.50. The highest BCUT2D eigenvalue weighted by Gasteiger charge is 2.12. The molecule has 1 atom stereocenters. The second kappa shape index (κ2) is 5.56. The van der Waals surface area contributed by atoms with Crippen molar-refractivity contribution in [2.24, 2.45) is 0 Å². The first kappa shape index (κ1) is 13.0. The molecule has 0 radical (unpaired) electrons. The fourth-order valence-electron chi connectivity index (χ4n) is 2.08. The number of aromatic nitrogens is 2. The minimum Gasteiger partial charge on any atom is -0.392 e. The number of nitrogens with zero attached hydrogens (tertiary/aromatic N) is 2. The van der Waals surface area contributed by atoms with Gasteiger partial charge in [-0.3, -0.25) is 0 Å². The van der Waals surface area contributed by atoms with Gasteiger partial charge >= 0.3 is 0 Å². The summed E-state index contributed by atoms with van der Waals surface area (Å²) in [6.07, 6.45) is 1.14. The van der Waals surface area contributed by atoms with Crippen LogP contribution in [0.5, 0.6) is 0 Å². The van der Waals surface area contributed by atoms with Crippen molar-refractivity contribution in [3.8, 4) is 11.1 Å². The Kier molecular flexibility index (Phi) is 3.62. The van der Waals surface area contributed by atoms with Gasteiger partial charge in [-0.15, -0.1) is 11.3 Å². The molecule has 0 aliphatic rings. The normalized spacial score (nSPS) is 12.5. The summed E-state index contributed by atoms with van der Waals surface area (Å²) in [5, 5.41) is 15.7. The molecule has 0 bridgehead atoms. The van der Waals surface area contributed by atoms with Gasteiger partial charge in [0.05, 0.1) is 11.5 Å². The molecule has 0 aliphatic heterocycles. The van der Waals surface area contributed by atoms with Gasteiger partial charge in [0.15, 0.2) is 0 Å². The van der Waals surface area contributed by atoms with Crippen LogP contribution in [0, 0.1) is 0 Å². The molecule has 0 spiro atoms. The average Bonchev–Trinajstić information content (AvgIpc) is 2.90. The minimum atomic E-state index is -0.418. The van der Waals surface area contributed by atoms with Crippen molar-refractivity contribution < 1.29 is 5.11 Å². The number of aliphatic hydroxyl groups excluding tert-OH is 1. The van der Waals surface area contributed by atoms with Crippen LogP contribution in [0.3, 0.4) is 0 Å². The third-order valence-electron chi connectivity index (χ3n) is 3.02. The quantitative estimate of drug-likeness (QED) is 0.773. The van der Waals surface area contributed by atoms with Crippen LogP contribution >= 0.6 is 11.3 Å². The molecule has 2 N–H and O–H groups in total. The monoisotopic (exact) mass is 285 g/mol. The van der Waals surface area contributed by atoms with Gasteiger partial charge in [-0.1, -0.05) is 30.3 Å². The zero-order valence-corrected chi connectivity index (χ0v) is 11.9. The maximum Gasteiger partial charge on any atom is 0.138 e. The smallest absolute Gasteiger partial charge is 0.138 e. The maximum atomic E-state index is 9.42. The van der Waals surface area contributed by atoms with Gasteiger partial charge in [0.25, 0.3) is 0 Å². The Balaban J connectivity index is 2.10. The minimum absolute atomic E-state index is 0.418. The highest BCUT2D eigenvalue weighted by molar-refractivity contribution is 7.17. The maximum absolute atomic E-state index is 9.42. The molecule has 0 amide bonds. The van der Waals surface area contributed by atoms with E-state index in [-0.39, 0.29) is 0 Å². The fourth-order valence-corrected chi connectivity index (χ4v) is 3.00. The number of thiophene rings is 1. The lowest BCUT2D eigenvalue weighted by molar-refractivity contribution is 0.208. The van der Waals surface area contributed by atoms with Crippen molar-refractivity contribution in [1.82, 2.24) is 9.97 Å². The number of aliphatic hydroxyl groups is 1. The van der Waals surface area contributed by atoms with Gasteiger partial charge in [0.1, 0.15) is 17.0 Å². The number of hydrogen-bond donors (Lipinski definition) is 2. The molecule has 3 rings (SSSR count). The summed E-state index contributed by atoms with van der Waals surface area (Å²) in [6.45, 7) is 2.22. The lowest BCUT2D eigenvalue weighted by Crippen LogP contribution is -2.16. The second-order valence-electron chi connectivity index (χ2n) is 4.65. The molecular weight excluding hydrogens is 270 g/mol. The molecule has 4 nitrogen and oxygen atoms in total. The number of anilines is 1. The summed E-state index contributed by atoms with van der Waals surface area (Å²) in [5.41, 5.74) is 2.27.